The van der Waals surface area contributed by atoms with Crippen LogP contribution in [0.1, 0.15) is 58.9 Å². The number of urea groups is 1. The molecule has 1 saturated carbocycles. The monoisotopic (exact) mass is 792 g/mol. The summed E-state index contributed by atoms with van der Waals surface area (Å²) in [5.41, 5.74) is 3.75. The van der Waals surface area contributed by atoms with Crippen molar-refractivity contribution in [3.8, 4) is 0 Å². The number of nitrogens with zero attached hydrogens (tertiary/aromatic N) is 6. The molecule has 2 fully saturated rings. The van der Waals surface area contributed by atoms with E-state index in [0.717, 1.165) is 11.1 Å². The highest BCUT2D eigenvalue weighted by Crippen LogP contribution is 2.40. The number of anilines is 3. The summed E-state index contributed by atoms with van der Waals surface area (Å²) < 4.78 is 1.76. The SMILES string of the molecule is C=C/C=C(\C/C=C\C)C(CNc1nc(N2CC[C@@H](NC(=O)Nc3cccnc3)C2)nc2c1ncn2[C@@H]1C[C@H](CC(=O)CNC(C)=O)[C@@H](O)[C@H]1O)C(/C=C\C)=C\CC=C. The highest BCUT2D eigenvalue weighted by molar-refractivity contribution is 5.89. The first-order chi connectivity index (χ1) is 28.1. The number of aromatic nitrogens is 5. The van der Waals surface area contributed by atoms with Crippen LogP contribution in [0.2, 0.25) is 0 Å². The molecule has 1 aliphatic heterocycles. The van der Waals surface area contributed by atoms with Crippen molar-refractivity contribution in [2.45, 2.75) is 77.2 Å². The summed E-state index contributed by atoms with van der Waals surface area (Å²) in [6, 6.07) is 2.33. The molecule has 0 radical (unpaired) electrons. The molecule has 15 nitrogen and oxygen atoms in total. The molecule has 1 saturated heterocycles. The summed E-state index contributed by atoms with van der Waals surface area (Å²) in [7, 11) is 0. The van der Waals surface area contributed by atoms with Crippen molar-refractivity contribution in [1.82, 2.24) is 35.1 Å². The van der Waals surface area contributed by atoms with Crippen LogP contribution in [0.5, 0.6) is 0 Å². The number of rotatable bonds is 19. The summed E-state index contributed by atoms with van der Waals surface area (Å²) in [5.74, 6) is -0.287. The van der Waals surface area contributed by atoms with Gasteiger partial charge in [-0.25, -0.2) is 9.78 Å². The first-order valence-corrected chi connectivity index (χ1v) is 19.8. The standard InChI is InChI=1S/C43H56N10O5/c1-6-10-15-29(13-8-3)35(30(14-9-4)16-11-7-2)25-46-40-37-41(53(27-47-37)36-22-31(38(56)39(36)57)21-34(55)24-45-28(5)54)51-42(50-40)52-20-18-33(26-52)49-43(58)48-32-17-12-19-44-23-32/h6-9,11-15,17,19,23,27,31,33,35-36,38-39,56-57H,1,4,10,16,18,20-22,24-26H2,2-3,5H3,(H,45,54)(H,46,50,51)(H2,48,49,58)/b11-7-,13-8-,29-15-,30-14+/t31-,33+,35?,36+,38+,39-/m0/s1. The highest BCUT2D eigenvalue weighted by Gasteiger charge is 2.44. The van der Waals surface area contributed by atoms with Crippen LogP contribution < -0.4 is 26.2 Å². The zero-order valence-corrected chi connectivity index (χ0v) is 33.6. The topological polar surface area (TPSA) is 200 Å². The van der Waals surface area contributed by atoms with Gasteiger partial charge in [0.25, 0.3) is 0 Å². The van der Waals surface area contributed by atoms with Gasteiger partial charge in [-0.05, 0) is 63.2 Å². The van der Waals surface area contributed by atoms with E-state index in [0.29, 0.717) is 67.5 Å². The smallest absolute Gasteiger partial charge is 0.319 e. The maximum absolute atomic E-state index is 12.9. The summed E-state index contributed by atoms with van der Waals surface area (Å²) >= 11 is 0. The van der Waals surface area contributed by atoms with Gasteiger partial charge in [0.05, 0.1) is 36.9 Å². The highest BCUT2D eigenvalue weighted by atomic mass is 16.3. The molecule has 1 aliphatic carbocycles. The number of Topliss-reactive ketones (excluding diaryl/α,β-unsaturated/α-hetero) is 1. The molecule has 2 aliphatic rings. The number of hydrogen-bond donors (Lipinski definition) is 6. The third-order valence-corrected chi connectivity index (χ3v) is 10.4. The average Bonchev–Trinajstić information content (AvgIpc) is 3.93. The van der Waals surface area contributed by atoms with Gasteiger partial charge in [0, 0.05) is 51.1 Å². The molecule has 3 amide bonds. The number of ketones is 1. The third kappa shape index (κ3) is 11.1. The molecule has 0 spiro atoms. The Kier molecular flexibility index (Phi) is 15.6. The van der Waals surface area contributed by atoms with E-state index in [1.807, 2.05) is 43.1 Å². The molecule has 308 valence electrons. The predicted octanol–water partition coefficient (Wildman–Crippen LogP) is 5.19. The molecule has 0 bridgehead atoms. The van der Waals surface area contributed by atoms with Crippen molar-refractivity contribution in [3.05, 3.63) is 104 Å². The Labute approximate surface area is 339 Å². The summed E-state index contributed by atoms with van der Waals surface area (Å²) in [5, 5.41) is 34.4. The van der Waals surface area contributed by atoms with Gasteiger partial charge in [0.2, 0.25) is 11.9 Å². The van der Waals surface area contributed by atoms with Crippen molar-refractivity contribution in [3.63, 3.8) is 0 Å². The Balaban J connectivity index is 1.49. The maximum atomic E-state index is 12.9. The van der Waals surface area contributed by atoms with Crippen LogP contribution in [0.25, 0.3) is 11.2 Å². The molecule has 3 aromatic rings. The predicted molar refractivity (Wildman–Crippen MR) is 227 cm³/mol. The van der Waals surface area contributed by atoms with Crippen LogP contribution in [0.3, 0.4) is 0 Å². The summed E-state index contributed by atoms with van der Waals surface area (Å²) in [6.07, 6.45) is 20.9. The van der Waals surface area contributed by atoms with E-state index in [4.69, 9.17) is 15.0 Å². The van der Waals surface area contributed by atoms with Gasteiger partial charge in [-0.2, -0.15) is 9.97 Å². The van der Waals surface area contributed by atoms with Crippen LogP contribution in [-0.4, -0.2) is 96.9 Å². The van der Waals surface area contributed by atoms with Crippen LogP contribution in [0.15, 0.2) is 104 Å². The van der Waals surface area contributed by atoms with Crippen LogP contribution >= 0.6 is 0 Å². The zero-order valence-electron chi connectivity index (χ0n) is 33.6. The normalized spacial score (nSPS) is 21.7. The number of nitrogens with one attached hydrogen (secondary N) is 4. The van der Waals surface area contributed by atoms with Gasteiger partial charge in [0.15, 0.2) is 22.8 Å². The van der Waals surface area contributed by atoms with E-state index in [9.17, 15) is 24.6 Å². The van der Waals surface area contributed by atoms with Gasteiger partial charge in [0.1, 0.15) is 6.10 Å². The van der Waals surface area contributed by atoms with Gasteiger partial charge in [-0.15, -0.1) is 6.58 Å². The molecule has 5 rings (SSSR count). The van der Waals surface area contributed by atoms with Crippen molar-refractivity contribution in [2.75, 3.05) is 41.7 Å². The number of carbonyl (C=O) groups excluding carboxylic acids is 3. The fraction of sp³-hybridized carbons (Fsp3) is 0.419. The third-order valence-electron chi connectivity index (χ3n) is 10.4. The molecule has 6 atom stereocenters. The molecule has 58 heavy (non-hydrogen) atoms. The van der Waals surface area contributed by atoms with E-state index in [1.54, 1.807) is 41.5 Å². The quantitative estimate of drug-likeness (QED) is 0.0690. The second-order valence-electron chi connectivity index (χ2n) is 14.6. The van der Waals surface area contributed by atoms with E-state index < -0.39 is 24.2 Å². The maximum Gasteiger partial charge on any atom is 0.319 e. The number of pyridine rings is 1. The number of aliphatic hydroxyl groups excluding tert-OH is 2. The lowest BCUT2D eigenvalue weighted by Gasteiger charge is -2.24. The Hall–Kier alpha value is -5.93. The lowest BCUT2D eigenvalue weighted by atomic mass is 9.87. The van der Waals surface area contributed by atoms with Gasteiger partial charge < -0.3 is 40.9 Å². The largest absolute Gasteiger partial charge is 0.390 e. The molecule has 3 aromatic heterocycles. The minimum absolute atomic E-state index is 0.00567. The van der Waals surface area contributed by atoms with Crippen molar-refractivity contribution < 1.29 is 24.6 Å². The number of aliphatic hydroxyl groups is 2. The molecular weight excluding hydrogens is 737 g/mol. The van der Waals surface area contributed by atoms with Crippen LogP contribution in [0, 0.1) is 11.8 Å². The number of fused-ring (bicyclic) bond motifs is 1. The number of hydrogen-bond acceptors (Lipinski definition) is 11. The number of allylic oxidation sites excluding steroid dienone is 8. The fourth-order valence-electron chi connectivity index (χ4n) is 7.56. The van der Waals surface area contributed by atoms with E-state index in [-0.39, 0.29) is 49.1 Å². The fourth-order valence-corrected chi connectivity index (χ4v) is 7.56. The molecule has 1 unspecified atom stereocenters. The Morgan fingerprint density at radius 1 is 1.12 bits per heavy atom. The van der Waals surface area contributed by atoms with Gasteiger partial charge in [-0.3, -0.25) is 14.6 Å². The Bertz CT molecular complexity index is 2040. The van der Waals surface area contributed by atoms with E-state index in [1.165, 1.54) is 6.92 Å². The van der Waals surface area contributed by atoms with Crippen LogP contribution in [0.4, 0.5) is 22.2 Å². The lowest BCUT2D eigenvalue weighted by Crippen LogP contribution is -2.40. The van der Waals surface area contributed by atoms with E-state index >= 15 is 0 Å². The van der Waals surface area contributed by atoms with E-state index in [2.05, 4.69) is 57.6 Å². The van der Waals surface area contributed by atoms with Crippen molar-refractivity contribution >= 4 is 46.3 Å². The molecule has 6 N–H and O–H groups in total. The number of amides is 3. The molecular formula is C43H56N10O5. The first-order valence-electron chi connectivity index (χ1n) is 19.8. The number of imidazole rings is 1. The molecule has 4 heterocycles. The molecule has 15 heteroatoms. The Morgan fingerprint density at radius 3 is 2.66 bits per heavy atom. The lowest BCUT2D eigenvalue weighted by molar-refractivity contribution is -0.124. The number of carbonyl (C=O) groups is 3. The summed E-state index contributed by atoms with van der Waals surface area (Å²) in [6.45, 7) is 14.5. The first kappa shape index (κ1) is 43.2. The minimum Gasteiger partial charge on any atom is -0.390 e. The second-order valence-corrected chi connectivity index (χ2v) is 14.6. The van der Waals surface area contributed by atoms with Gasteiger partial charge >= 0.3 is 6.03 Å². The second kappa shape index (κ2) is 21.0. The summed E-state index contributed by atoms with van der Waals surface area (Å²) in [4.78, 5) is 57.8. The van der Waals surface area contributed by atoms with Crippen molar-refractivity contribution in [2.24, 2.45) is 11.8 Å². The average molecular weight is 793 g/mol. The zero-order chi connectivity index (χ0) is 41.6. The minimum atomic E-state index is -1.20. The van der Waals surface area contributed by atoms with Crippen molar-refractivity contribution in [1.29, 1.82) is 0 Å². The molecule has 0 aromatic carbocycles. The van der Waals surface area contributed by atoms with Crippen LogP contribution in [-0.2, 0) is 9.59 Å². The van der Waals surface area contributed by atoms with Gasteiger partial charge in [-0.1, -0.05) is 60.8 Å². The Morgan fingerprint density at radius 2 is 1.95 bits per heavy atom.